The number of nitrogens with one attached hydrogen (secondary N) is 1. The van der Waals surface area contributed by atoms with Crippen LogP contribution in [0.1, 0.15) is 31.2 Å². The van der Waals surface area contributed by atoms with Gasteiger partial charge in [-0.2, -0.15) is 10.2 Å². The fraction of sp³-hybridized carbons (Fsp3) is 0.400. The molecular weight excluding hydrogens is 266 g/mol. The summed E-state index contributed by atoms with van der Waals surface area (Å²) in [6.07, 6.45) is 0.609. The largest absolute Gasteiger partial charge is 0.389 e. The lowest BCUT2D eigenvalue weighted by atomic mass is 10.1. The van der Waals surface area contributed by atoms with Gasteiger partial charge in [0.15, 0.2) is 0 Å². The van der Waals surface area contributed by atoms with E-state index in [9.17, 15) is 5.11 Å². The lowest BCUT2D eigenvalue weighted by molar-refractivity contribution is 0.0566. The minimum absolute atomic E-state index is 0.412. The van der Waals surface area contributed by atoms with Gasteiger partial charge in [0.1, 0.15) is 11.6 Å². The van der Waals surface area contributed by atoms with Crippen LogP contribution in [0.4, 0.5) is 0 Å². The number of hydrogen-bond donors (Lipinski definition) is 2. The van der Waals surface area contributed by atoms with E-state index in [-0.39, 0.29) is 0 Å². The van der Waals surface area contributed by atoms with Gasteiger partial charge in [0.2, 0.25) is 0 Å². The number of aromatic amines is 1. The summed E-state index contributed by atoms with van der Waals surface area (Å²) < 4.78 is 1.77. The lowest BCUT2D eigenvalue weighted by Crippen LogP contribution is -2.28. The smallest absolute Gasteiger partial charge is 0.147 e. The Kier molecular flexibility index (Phi) is 3.25. The second-order valence-electron chi connectivity index (χ2n) is 5.94. The van der Waals surface area contributed by atoms with Crippen LogP contribution >= 0.6 is 0 Å². The number of aromatic nitrogens is 5. The number of hydrogen-bond acceptors (Lipinski definition) is 4. The molecule has 0 fully saturated rings. The van der Waals surface area contributed by atoms with Gasteiger partial charge < -0.3 is 5.11 Å². The molecule has 6 heteroatoms. The molecule has 2 aromatic heterocycles. The van der Waals surface area contributed by atoms with E-state index in [0.29, 0.717) is 18.8 Å². The van der Waals surface area contributed by atoms with Gasteiger partial charge in [-0.25, -0.2) is 9.67 Å². The standard InChI is InChI=1S/C15H19N5O/c1-10-16-14(20(19-10)9-15(2,3)21)8-13-11-6-4-5-7-12(11)17-18-13/h4-7,21H,8-9H2,1-3H3,(H,17,18). The number of nitrogens with zero attached hydrogens (tertiary/aromatic N) is 4. The molecule has 3 aromatic rings. The third kappa shape index (κ3) is 2.95. The average Bonchev–Trinajstić information content (AvgIpc) is 2.93. The predicted octanol–water partition coefficient (Wildman–Crippen LogP) is 1.82. The van der Waals surface area contributed by atoms with Crippen LogP contribution < -0.4 is 0 Å². The molecular formula is C15H19N5O. The Balaban J connectivity index is 1.94. The van der Waals surface area contributed by atoms with Crippen molar-refractivity contribution in [3.05, 3.63) is 41.6 Å². The van der Waals surface area contributed by atoms with Crippen LogP contribution in [0.3, 0.4) is 0 Å². The van der Waals surface area contributed by atoms with Gasteiger partial charge in [-0.3, -0.25) is 5.10 Å². The Morgan fingerprint density at radius 2 is 2.05 bits per heavy atom. The van der Waals surface area contributed by atoms with E-state index in [1.165, 1.54) is 0 Å². The van der Waals surface area contributed by atoms with Gasteiger partial charge in [0.25, 0.3) is 0 Å². The number of benzene rings is 1. The third-order valence-electron chi connectivity index (χ3n) is 3.27. The Morgan fingerprint density at radius 1 is 1.29 bits per heavy atom. The highest BCUT2D eigenvalue weighted by atomic mass is 16.3. The first kappa shape index (κ1) is 13.8. The van der Waals surface area contributed by atoms with E-state index in [4.69, 9.17) is 0 Å². The molecule has 0 radical (unpaired) electrons. The first-order chi connectivity index (χ1) is 9.92. The molecule has 0 aliphatic rings. The number of para-hydroxylation sites is 1. The zero-order valence-corrected chi connectivity index (χ0v) is 12.5. The first-order valence-electron chi connectivity index (χ1n) is 6.97. The van der Waals surface area contributed by atoms with Crippen LogP contribution in [0.5, 0.6) is 0 Å². The minimum atomic E-state index is -0.828. The van der Waals surface area contributed by atoms with Gasteiger partial charge >= 0.3 is 0 Å². The van der Waals surface area contributed by atoms with Crippen molar-refractivity contribution in [1.82, 2.24) is 25.0 Å². The number of aryl methyl sites for hydroxylation is 1. The monoisotopic (exact) mass is 285 g/mol. The van der Waals surface area contributed by atoms with Gasteiger partial charge in [-0.05, 0) is 26.8 Å². The first-order valence-corrected chi connectivity index (χ1v) is 6.97. The Hall–Kier alpha value is -2.21. The molecule has 0 amide bonds. The molecule has 0 bridgehead atoms. The van der Waals surface area contributed by atoms with Gasteiger partial charge in [-0.15, -0.1) is 0 Å². The van der Waals surface area contributed by atoms with E-state index in [2.05, 4.69) is 20.3 Å². The Labute approximate surface area is 122 Å². The van der Waals surface area contributed by atoms with Crippen molar-refractivity contribution >= 4 is 10.9 Å². The fourth-order valence-electron chi connectivity index (χ4n) is 2.43. The highest BCUT2D eigenvalue weighted by Gasteiger charge is 2.19. The van der Waals surface area contributed by atoms with Crippen LogP contribution in [-0.4, -0.2) is 35.7 Å². The topological polar surface area (TPSA) is 79.6 Å². The van der Waals surface area contributed by atoms with Crippen molar-refractivity contribution in [3.63, 3.8) is 0 Å². The van der Waals surface area contributed by atoms with E-state index in [1.807, 2.05) is 31.2 Å². The summed E-state index contributed by atoms with van der Waals surface area (Å²) in [7, 11) is 0. The summed E-state index contributed by atoms with van der Waals surface area (Å²) >= 11 is 0. The van der Waals surface area contributed by atoms with Crippen molar-refractivity contribution < 1.29 is 5.11 Å². The molecule has 0 aliphatic heterocycles. The maximum absolute atomic E-state index is 9.99. The summed E-state index contributed by atoms with van der Waals surface area (Å²) in [5.74, 6) is 1.53. The summed E-state index contributed by atoms with van der Waals surface area (Å²) in [5.41, 5.74) is 1.12. The molecule has 0 unspecified atom stereocenters. The normalized spacial score (nSPS) is 12.2. The van der Waals surface area contributed by atoms with Gasteiger partial charge in [-0.1, -0.05) is 18.2 Å². The summed E-state index contributed by atoms with van der Waals surface area (Å²) in [5, 5.41) is 22.8. The average molecular weight is 285 g/mol. The van der Waals surface area contributed by atoms with Crippen molar-refractivity contribution in [2.24, 2.45) is 0 Å². The molecule has 0 saturated carbocycles. The zero-order valence-electron chi connectivity index (χ0n) is 12.5. The molecule has 3 rings (SSSR count). The van der Waals surface area contributed by atoms with Crippen molar-refractivity contribution in [3.8, 4) is 0 Å². The Bertz CT molecular complexity index is 766. The fourth-order valence-corrected chi connectivity index (χ4v) is 2.43. The van der Waals surface area contributed by atoms with Crippen molar-refractivity contribution in [2.45, 2.75) is 39.3 Å². The third-order valence-corrected chi connectivity index (χ3v) is 3.27. The molecule has 6 nitrogen and oxygen atoms in total. The second kappa shape index (κ2) is 4.96. The highest BCUT2D eigenvalue weighted by molar-refractivity contribution is 5.81. The van der Waals surface area contributed by atoms with E-state index < -0.39 is 5.60 Å². The minimum Gasteiger partial charge on any atom is -0.389 e. The van der Waals surface area contributed by atoms with E-state index >= 15 is 0 Å². The van der Waals surface area contributed by atoms with Crippen LogP contribution in [0.25, 0.3) is 10.9 Å². The van der Waals surface area contributed by atoms with Crippen LogP contribution in [-0.2, 0) is 13.0 Å². The molecule has 0 saturated heterocycles. The predicted molar refractivity (Wildman–Crippen MR) is 80.0 cm³/mol. The zero-order chi connectivity index (χ0) is 15.0. The highest BCUT2D eigenvalue weighted by Crippen LogP contribution is 2.18. The quantitative estimate of drug-likeness (QED) is 0.766. The number of rotatable bonds is 4. The number of H-pyrrole nitrogens is 1. The van der Waals surface area contributed by atoms with Crippen molar-refractivity contribution in [1.29, 1.82) is 0 Å². The van der Waals surface area contributed by atoms with Crippen molar-refractivity contribution in [2.75, 3.05) is 0 Å². The maximum atomic E-state index is 9.99. The van der Waals surface area contributed by atoms with Gasteiger partial charge in [0.05, 0.1) is 23.4 Å². The van der Waals surface area contributed by atoms with Crippen LogP contribution in [0.2, 0.25) is 0 Å². The van der Waals surface area contributed by atoms with E-state index in [1.54, 1.807) is 18.5 Å². The maximum Gasteiger partial charge on any atom is 0.147 e. The Morgan fingerprint density at radius 3 is 2.81 bits per heavy atom. The number of aliphatic hydroxyl groups is 1. The molecule has 110 valence electrons. The molecule has 0 aliphatic carbocycles. The molecule has 21 heavy (non-hydrogen) atoms. The summed E-state index contributed by atoms with van der Waals surface area (Å²) in [6.45, 7) is 5.80. The summed E-state index contributed by atoms with van der Waals surface area (Å²) in [4.78, 5) is 4.47. The second-order valence-corrected chi connectivity index (χ2v) is 5.94. The lowest BCUT2D eigenvalue weighted by Gasteiger charge is -2.17. The van der Waals surface area contributed by atoms with Crippen LogP contribution in [0, 0.1) is 6.92 Å². The molecule has 0 atom stereocenters. The molecule has 0 spiro atoms. The van der Waals surface area contributed by atoms with E-state index in [0.717, 1.165) is 22.4 Å². The molecule has 2 N–H and O–H groups in total. The van der Waals surface area contributed by atoms with Gasteiger partial charge in [0, 0.05) is 11.8 Å². The SMILES string of the molecule is Cc1nc(Cc2[nH]nc3ccccc23)n(CC(C)(C)O)n1. The molecule has 1 aromatic carbocycles. The summed E-state index contributed by atoms with van der Waals surface area (Å²) in [6, 6.07) is 7.97. The number of fused-ring (bicyclic) bond motifs is 1. The molecule has 2 heterocycles. The van der Waals surface area contributed by atoms with Crippen LogP contribution in [0.15, 0.2) is 24.3 Å².